The molecule has 1 heterocycles. The summed E-state index contributed by atoms with van der Waals surface area (Å²) in [4.78, 5) is 10.9. The average Bonchev–Trinajstić information content (AvgIpc) is 2.83. The van der Waals surface area contributed by atoms with E-state index in [9.17, 15) is 13.2 Å². The van der Waals surface area contributed by atoms with Crippen LogP contribution in [0.3, 0.4) is 0 Å². The predicted octanol–water partition coefficient (Wildman–Crippen LogP) is 0.962. The van der Waals surface area contributed by atoms with E-state index in [4.69, 9.17) is 5.73 Å². The van der Waals surface area contributed by atoms with Crippen LogP contribution in [0.15, 0.2) is 29.2 Å². The molecule has 0 aliphatic carbocycles. The summed E-state index contributed by atoms with van der Waals surface area (Å²) in [5.74, 6) is 0. The van der Waals surface area contributed by atoms with Gasteiger partial charge in [-0.3, -0.25) is 0 Å². The van der Waals surface area contributed by atoms with Gasteiger partial charge in [-0.15, -0.1) is 0 Å². The lowest BCUT2D eigenvalue weighted by Crippen LogP contribution is -2.27. The number of hydrogen-bond acceptors (Lipinski definition) is 3. The second-order valence-electron chi connectivity index (χ2n) is 4.12. The number of primary amides is 1. The molecule has 0 bridgehead atoms. The molecule has 0 unspecified atom stereocenters. The number of amides is 2. The molecule has 0 atom stereocenters. The quantitative estimate of drug-likeness (QED) is 0.856. The third kappa shape index (κ3) is 2.62. The van der Waals surface area contributed by atoms with Crippen molar-refractivity contribution in [3.8, 4) is 0 Å². The minimum absolute atomic E-state index is 0.236. The lowest BCUT2D eigenvalue weighted by atomic mass is 10.3. The maximum absolute atomic E-state index is 12.2. The van der Waals surface area contributed by atoms with Crippen LogP contribution in [0.4, 0.5) is 10.5 Å². The molecule has 2 amide bonds. The molecule has 98 valence electrons. The highest BCUT2D eigenvalue weighted by Gasteiger charge is 2.26. The van der Waals surface area contributed by atoms with E-state index >= 15 is 0 Å². The molecule has 7 heteroatoms. The number of rotatable bonds is 3. The van der Waals surface area contributed by atoms with Crippen LogP contribution in [-0.2, 0) is 10.0 Å². The number of anilines is 1. The Hall–Kier alpha value is -1.60. The maximum Gasteiger partial charge on any atom is 0.316 e. The summed E-state index contributed by atoms with van der Waals surface area (Å²) < 4.78 is 25.8. The van der Waals surface area contributed by atoms with Crippen LogP contribution in [0.2, 0.25) is 0 Å². The molecule has 18 heavy (non-hydrogen) atoms. The molecule has 1 aromatic rings. The van der Waals surface area contributed by atoms with Crippen molar-refractivity contribution < 1.29 is 13.2 Å². The number of nitrogens with zero attached hydrogens (tertiary/aromatic N) is 1. The summed E-state index contributed by atoms with van der Waals surface area (Å²) in [7, 11) is -3.39. The molecule has 6 nitrogen and oxygen atoms in total. The van der Waals surface area contributed by atoms with Crippen molar-refractivity contribution in [1.82, 2.24) is 4.31 Å². The van der Waals surface area contributed by atoms with Gasteiger partial charge in [-0.2, -0.15) is 4.31 Å². The van der Waals surface area contributed by atoms with Crippen molar-refractivity contribution in [2.45, 2.75) is 17.7 Å². The molecule has 1 aliphatic rings. The van der Waals surface area contributed by atoms with Crippen LogP contribution >= 0.6 is 0 Å². The van der Waals surface area contributed by atoms with Crippen LogP contribution in [0.5, 0.6) is 0 Å². The average molecular weight is 269 g/mol. The zero-order valence-electron chi connectivity index (χ0n) is 9.80. The first-order chi connectivity index (χ1) is 8.50. The highest BCUT2D eigenvalue weighted by molar-refractivity contribution is 7.89. The standard InChI is InChI=1S/C11H15N3O3S/c12-11(15)13-9-3-5-10(6-4-9)18(16,17)14-7-1-2-8-14/h3-6H,1-2,7-8H2,(H3,12,13,15). The molecular weight excluding hydrogens is 254 g/mol. The first-order valence-electron chi connectivity index (χ1n) is 5.67. The molecule has 0 spiro atoms. The number of benzene rings is 1. The van der Waals surface area contributed by atoms with Crippen molar-refractivity contribution in [1.29, 1.82) is 0 Å². The van der Waals surface area contributed by atoms with Gasteiger partial charge >= 0.3 is 6.03 Å². The van der Waals surface area contributed by atoms with E-state index in [-0.39, 0.29) is 4.90 Å². The Morgan fingerprint density at radius 3 is 2.22 bits per heavy atom. The van der Waals surface area contributed by atoms with E-state index in [1.807, 2.05) is 0 Å². The van der Waals surface area contributed by atoms with Crippen LogP contribution < -0.4 is 11.1 Å². The van der Waals surface area contributed by atoms with E-state index in [1.165, 1.54) is 28.6 Å². The topological polar surface area (TPSA) is 92.5 Å². The van der Waals surface area contributed by atoms with E-state index in [0.29, 0.717) is 18.8 Å². The molecule has 0 saturated carbocycles. The van der Waals surface area contributed by atoms with Crippen LogP contribution in [0, 0.1) is 0 Å². The van der Waals surface area contributed by atoms with Crippen LogP contribution in [0.25, 0.3) is 0 Å². The Morgan fingerprint density at radius 1 is 1.17 bits per heavy atom. The summed E-state index contributed by atoms with van der Waals surface area (Å²) in [5.41, 5.74) is 5.45. The Bertz CT molecular complexity index is 533. The first kappa shape index (κ1) is 12.8. The fourth-order valence-electron chi connectivity index (χ4n) is 1.93. The first-order valence-corrected chi connectivity index (χ1v) is 7.11. The number of urea groups is 1. The van der Waals surface area contributed by atoms with Crippen LogP contribution in [0.1, 0.15) is 12.8 Å². The maximum atomic E-state index is 12.2. The third-order valence-corrected chi connectivity index (χ3v) is 4.74. The number of carbonyl (C=O) groups excluding carboxylic acids is 1. The molecule has 1 aliphatic heterocycles. The van der Waals surface area contributed by atoms with Gasteiger partial charge in [-0.1, -0.05) is 0 Å². The van der Waals surface area contributed by atoms with Crippen LogP contribution in [-0.4, -0.2) is 31.8 Å². The van der Waals surface area contributed by atoms with Gasteiger partial charge in [0.05, 0.1) is 4.90 Å². The van der Waals surface area contributed by atoms with E-state index < -0.39 is 16.1 Å². The smallest absolute Gasteiger partial charge is 0.316 e. The zero-order chi connectivity index (χ0) is 13.2. The largest absolute Gasteiger partial charge is 0.351 e. The van der Waals surface area contributed by atoms with Crippen molar-refractivity contribution >= 4 is 21.7 Å². The van der Waals surface area contributed by atoms with Gasteiger partial charge in [-0.05, 0) is 37.1 Å². The minimum atomic E-state index is -3.39. The van der Waals surface area contributed by atoms with E-state index in [0.717, 1.165) is 12.8 Å². The fraction of sp³-hybridized carbons (Fsp3) is 0.364. The highest BCUT2D eigenvalue weighted by atomic mass is 32.2. The van der Waals surface area contributed by atoms with Gasteiger partial charge in [0, 0.05) is 18.8 Å². The van der Waals surface area contributed by atoms with Gasteiger partial charge < -0.3 is 11.1 Å². The molecule has 0 radical (unpaired) electrons. The molecule has 1 aromatic carbocycles. The lowest BCUT2D eigenvalue weighted by molar-refractivity contribution is 0.259. The van der Waals surface area contributed by atoms with Crippen molar-refractivity contribution in [2.75, 3.05) is 18.4 Å². The normalized spacial score (nSPS) is 16.7. The second-order valence-corrected chi connectivity index (χ2v) is 6.06. The van der Waals surface area contributed by atoms with Crippen molar-refractivity contribution in [3.05, 3.63) is 24.3 Å². The SMILES string of the molecule is NC(=O)Nc1ccc(S(=O)(=O)N2CCCC2)cc1. The van der Waals surface area contributed by atoms with Gasteiger partial charge in [0.15, 0.2) is 0 Å². The summed E-state index contributed by atoms with van der Waals surface area (Å²) in [6.07, 6.45) is 1.81. The van der Waals surface area contributed by atoms with E-state index in [2.05, 4.69) is 5.32 Å². The fourth-order valence-corrected chi connectivity index (χ4v) is 3.45. The third-order valence-electron chi connectivity index (χ3n) is 2.82. The number of sulfonamides is 1. The predicted molar refractivity (Wildman–Crippen MR) is 67.6 cm³/mol. The summed E-state index contributed by atoms with van der Waals surface area (Å²) in [5, 5.41) is 2.38. The van der Waals surface area contributed by atoms with E-state index in [1.54, 1.807) is 0 Å². The zero-order valence-corrected chi connectivity index (χ0v) is 10.6. The van der Waals surface area contributed by atoms with Crippen molar-refractivity contribution in [3.63, 3.8) is 0 Å². The number of nitrogens with one attached hydrogen (secondary N) is 1. The number of hydrogen-bond donors (Lipinski definition) is 2. The monoisotopic (exact) mass is 269 g/mol. The van der Waals surface area contributed by atoms with Crippen molar-refractivity contribution in [2.24, 2.45) is 5.73 Å². The molecule has 3 N–H and O–H groups in total. The Morgan fingerprint density at radius 2 is 1.72 bits per heavy atom. The highest BCUT2D eigenvalue weighted by Crippen LogP contribution is 2.21. The molecule has 1 fully saturated rings. The second kappa shape index (κ2) is 4.95. The molecule has 1 saturated heterocycles. The molecule has 2 rings (SSSR count). The Labute approximate surface area is 106 Å². The van der Waals surface area contributed by atoms with Gasteiger partial charge in [0.2, 0.25) is 10.0 Å². The minimum Gasteiger partial charge on any atom is -0.351 e. The Balaban J connectivity index is 2.20. The number of carbonyl (C=O) groups is 1. The van der Waals surface area contributed by atoms with Gasteiger partial charge in [0.25, 0.3) is 0 Å². The van der Waals surface area contributed by atoms with Gasteiger partial charge in [0.1, 0.15) is 0 Å². The summed E-state index contributed by atoms with van der Waals surface area (Å²) >= 11 is 0. The molecule has 0 aromatic heterocycles. The van der Waals surface area contributed by atoms with Gasteiger partial charge in [-0.25, -0.2) is 13.2 Å². The lowest BCUT2D eigenvalue weighted by Gasteiger charge is -2.15. The molecular formula is C11H15N3O3S. The Kier molecular flexibility index (Phi) is 3.53. The summed E-state index contributed by atoms with van der Waals surface area (Å²) in [6.45, 7) is 1.15. The summed E-state index contributed by atoms with van der Waals surface area (Å²) in [6, 6.07) is 5.31. The number of nitrogens with two attached hydrogens (primary N) is 1.